The summed E-state index contributed by atoms with van der Waals surface area (Å²) in [7, 11) is -1.61. The lowest BCUT2D eigenvalue weighted by atomic mass is 10.1. The Balaban J connectivity index is 1.74. The first-order valence-corrected chi connectivity index (χ1v) is 10.5. The van der Waals surface area contributed by atoms with Gasteiger partial charge in [0.05, 0.1) is 24.7 Å². The van der Waals surface area contributed by atoms with Crippen LogP contribution < -0.4 is 14.8 Å². The summed E-state index contributed by atoms with van der Waals surface area (Å²) in [6, 6.07) is 13.6. The number of hydrogen-bond donors (Lipinski definition) is 1. The third-order valence-corrected chi connectivity index (χ3v) is 5.19. The molecule has 0 bridgehead atoms. The molecule has 1 atom stereocenters. The summed E-state index contributed by atoms with van der Waals surface area (Å²) in [5.74, 6) is 1.42. The maximum atomic E-state index is 12.1. The van der Waals surface area contributed by atoms with Crippen molar-refractivity contribution in [1.82, 2.24) is 5.32 Å². The standard InChI is InChI=1S/C20H25NO5S/c1-15(16-6-12-19(13-7-16)27(3,23)24)21-20(22)5-4-14-26-18-10-8-17(25-2)9-11-18/h6-13,15H,4-5,14H2,1-3H3,(H,21,22)/t15-/m0/s1. The number of carbonyl (C=O) groups is 1. The van der Waals surface area contributed by atoms with E-state index >= 15 is 0 Å². The lowest BCUT2D eigenvalue weighted by Gasteiger charge is -2.15. The average Bonchev–Trinajstić information content (AvgIpc) is 2.65. The lowest BCUT2D eigenvalue weighted by Crippen LogP contribution is -2.26. The van der Waals surface area contributed by atoms with Gasteiger partial charge in [0.2, 0.25) is 5.91 Å². The second-order valence-electron chi connectivity index (χ2n) is 6.26. The number of nitrogens with one attached hydrogen (secondary N) is 1. The number of hydrogen-bond acceptors (Lipinski definition) is 5. The summed E-state index contributed by atoms with van der Waals surface area (Å²) >= 11 is 0. The Hall–Kier alpha value is -2.54. The van der Waals surface area contributed by atoms with Crippen LogP contribution >= 0.6 is 0 Å². The van der Waals surface area contributed by atoms with E-state index < -0.39 is 9.84 Å². The van der Waals surface area contributed by atoms with Crippen LogP contribution in [0.3, 0.4) is 0 Å². The van der Waals surface area contributed by atoms with E-state index in [4.69, 9.17) is 9.47 Å². The van der Waals surface area contributed by atoms with Crippen LogP contribution in [-0.2, 0) is 14.6 Å². The number of carbonyl (C=O) groups excluding carboxylic acids is 1. The normalized spacial score (nSPS) is 12.3. The summed E-state index contributed by atoms with van der Waals surface area (Å²) in [6.07, 6.45) is 2.11. The molecule has 7 heteroatoms. The Morgan fingerprint density at radius 2 is 1.63 bits per heavy atom. The predicted molar refractivity (Wildman–Crippen MR) is 104 cm³/mol. The van der Waals surface area contributed by atoms with Crippen LogP contribution in [0.4, 0.5) is 0 Å². The van der Waals surface area contributed by atoms with Gasteiger partial charge in [-0.2, -0.15) is 0 Å². The van der Waals surface area contributed by atoms with Crippen molar-refractivity contribution in [2.45, 2.75) is 30.7 Å². The summed E-state index contributed by atoms with van der Waals surface area (Å²) in [6.45, 7) is 2.30. The third-order valence-electron chi connectivity index (χ3n) is 4.06. The molecule has 0 aliphatic heterocycles. The van der Waals surface area contributed by atoms with E-state index in [1.807, 2.05) is 31.2 Å². The van der Waals surface area contributed by atoms with Crippen molar-refractivity contribution >= 4 is 15.7 Å². The highest BCUT2D eigenvalue weighted by Gasteiger charge is 2.12. The smallest absolute Gasteiger partial charge is 0.220 e. The maximum Gasteiger partial charge on any atom is 0.220 e. The number of methoxy groups -OCH3 is 1. The minimum absolute atomic E-state index is 0.0759. The first-order chi connectivity index (χ1) is 12.8. The third kappa shape index (κ3) is 6.60. The van der Waals surface area contributed by atoms with Crippen LogP contribution in [0.1, 0.15) is 31.4 Å². The molecule has 0 radical (unpaired) electrons. The average molecular weight is 391 g/mol. The molecule has 2 aromatic carbocycles. The van der Waals surface area contributed by atoms with Gasteiger partial charge in [-0.25, -0.2) is 8.42 Å². The zero-order chi connectivity index (χ0) is 19.9. The van der Waals surface area contributed by atoms with Gasteiger partial charge in [-0.05, 0) is 55.3 Å². The second kappa shape index (κ2) is 9.41. The fourth-order valence-corrected chi connectivity index (χ4v) is 3.13. The van der Waals surface area contributed by atoms with Gasteiger partial charge in [0.1, 0.15) is 11.5 Å². The predicted octanol–water partition coefficient (Wildman–Crippen LogP) is 3.14. The van der Waals surface area contributed by atoms with Crippen LogP contribution in [0, 0.1) is 0 Å². The monoisotopic (exact) mass is 391 g/mol. The molecule has 2 rings (SSSR count). The molecule has 27 heavy (non-hydrogen) atoms. The summed E-state index contributed by atoms with van der Waals surface area (Å²) in [5, 5.41) is 2.91. The molecule has 0 aliphatic rings. The molecule has 0 aromatic heterocycles. The maximum absolute atomic E-state index is 12.1. The van der Waals surface area contributed by atoms with Gasteiger partial charge in [-0.1, -0.05) is 12.1 Å². The molecular weight excluding hydrogens is 366 g/mol. The first kappa shape index (κ1) is 20.8. The zero-order valence-electron chi connectivity index (χ0n) is 15.8. The number of ether oxygens (including phenoxy) is 2. The van der Waals surface area contributed by atoms with Crippen molar-refractivity contribution < 1.29 is 22.7 Å². The zero-order valence-corrected chi connectivity index (χ0v) is 16.6. The van der Waals surface area contributed by atoms with E-state index in [-0.39, 0.29) is 16.8 Å². The van der Waals surface area contributed by atoms with E-state index in [0.717, 1.165) is 17.1 Å². The largest absolute Gasteiger partial charge is 0.497 e. The van der Waals surface area contributed by atoms with Crippen molar-refractivity contribution in [3.8, 4) is 11.5 Å². The number of amides is 1. The molecule has 0 heterocycles. The molecule has 1 amide bonds. The molecule has 6 nitrogen and oxygen atoms in total. The Morgan fingerprint density at radius 1 is 1.04 bits per heavy atom. The highest BCUT2D eigenvalue weighted by molar-refractivity contribution is 7.90. The molecule has 0 aliphatic carbocycles. The lowest BCUT2D eigenvalue weighted by molar-refractivity contribution is -0.121. The van der Waals surface area contributed by atoms with E-state index in [2.05, 4.69) is 5.32 Å². The van der Waals surface area contributed by atoms with E-state index in [1.54, 1.807) is 31.4 Å². The number of benzene rings is 2. The van der Waals surface area contributed by atoms with Crippen LogP contribution in [0.2, 0.25) is 0 Å². The molecule has 0 unspecified atom stereocenters. The summed E-state index contributed by atoms with van der Waals surface area (Å²) in [4.78, 5) is 12.3. The minimum atomic E-state index is -3.22. The Bertz CT molecular complexity index is 845. The van der Waals surface area contributed by atoms with Crippen molar-refractivity contribution in [3.63, 3.8) is 0 Å². The Labute approximate surface area is 160 Å². The van der Waals surface area contributed by atoms with Crippen LogP contribution in [0.5, 0.6) is 11.5 Å². The van der Waals surface area contributed by atoms with Gasteiger partial charge in [0.15, 0.2) is 9.84 Å². The molecule has 1 N–H and O–H groups in total. The SMILES string of the molecule is COc1ccc(OCCCC(=O)N[C@@H](C)c2ccc(S(C)(=O)=O)cc2)cc1. The van der Waals surface area contributed by atoms with E-state index in [0.29, 0.717) is 19.4 Å². The van der Waals surface area contributed by atoms with Crippen molar-refractivity contribution in [3.05, 3.63) is 54.1 Å². The van der Waals surface area contributed by atoms with E-state index in [9.17, 15) is 13.2 Å². The fraction of sp³-hybridized carbons (Fsp3) is 0.350. The van der Waals surface area contributed by atoms with E-state index in [1.165, 1.54) is 6.26 Å². The molecule has 2 aromatic rings. The number of rotatable bonds is 9. The van der Waals surface area contributed by atoms with Crippen molar-refractivity contribution in [2.24, 2.45) is 0 Å². The molecule has 0 saturated heterocycles. The van der Waals surface area contributed by atoms with Crippen LogP contribution in [-0.4, -0.2) is 34.3 Å². The summed E-state index contributed by atoms with van der Waals surface area (Å²) < 4.78 is 33.7. The minimum Gasteiger partial charge on any atom is -0.497 e. The van der Waals surface area contributed by atoms with Crippen LogP contribution in [0.25, 0.3) is 0 Å². The first-order valence-electron chi connectivity index (χ1n) is 8.66. The Morgan fingerprint density at radius 3 is 2.19 bits per heavy atom. The molecule has 0 fully saturated rings. The highest BCUT2D eigenvalue weighted by Crippen LogP contribution is 2.18. The van der Waals surface area contributed by atoms with Crippen molar-refractivity contribution in [1.29, 1.82) is 0 Å². The molecule has 0 spiro atoms. The molecule has 146 valence electrons. The van der Waals surface area contributed by atoms with Gasteiger partial charge in [0, 0.05) is 12.7 Å². The topological polar surface area (TPSA) is 81.7 Å². The van der Waals surface area contributed by atoms with Gasteiger partial charge < -0.3 is 14.8 Å². The van der Waals surface area contributed by atoms with Gasteiger partial charge in [-0.15, -0.1) is 0 Å². The fourth-order valence-electron chi connectivity index (χ4n) is 2.50. The number of sulfone groups is 1. The van der Waals surface area contributed by atoms with Crippen molar-refractivity contribution in [2.75, 3.05) is 20.0 Å². The van der Waals surface area contributed by atoms with Gasteiger partial charge in [0.25, 0.3) is 0 Å². The van der Waals surface area contributed by atoms with Gasteiger partial charge in [-0.3, -0.25) is 4.79 Å². The highest BCUT2D eigenvalue weighted by atomic mass is 32.2. The van der Waals surface area contributed by atoms with Crippen LogP contribution in [0.15, 0.2) is 53.4 Å². The summed E-state index contributed by atoms with van der Waals surface area (Å²) in [5.41, 5.74) is 0.852. The molecule has 0 saturated carbocycles. The second-order valence-corrected chi connectivity index (χ2v) is 8.27. The molecular formula is C20H25NO5S. The Kier molecular flexibility index (Phi) is 7.24. The van der Waals surface area contributed by atoms with Gasteiger partial charge >= 0.3 is 0 Å². The quantitative estimate of drug-likeness (QED) is 0.664.